The molecule has 1 N–H and O–H groups in total. The molecular formula is C19H14F4N2O2S. The minimum absolute atomic E-state index is 0.0144. The predicted molar refractivity (Wildman–Crippen MR) is 97.1 cm³/mol. The van der Waals surface area contributed by atoms with Gasteiger partial charge in [0.2, 0.25) is 5.91 Å². The molecule has 146 valence electrons. The van der Waals surface area contributed by atoms with Crippen LogP contribution >= 0.6 is 11.8 Å². The third kappa shape index (κ3) is 5.13. The van der Waals surface area contributed by atoms with E-state index in [2.05, 4.69) is 10.3 Å². The summed E-state index contributed by atoms with van der Waals surface area (Å²) < 4.78 is 57.3. The number of amides is 1. The van der Waals surface area contributed by atoms with E-state index in [1.807, 2.05) is 0 Å². The molecule has 0 saturated heterocycles. The van der Waals surface area contributed by atoms with Crippen molar-refractivity contribution >= 4 is 23.4 Å². The maximum Gasteiger partial charge on any atom is 0.288 e. The number of para-hydroxylation sites is 1. The molecule has 0 radical (unpaired) electrons. The Morgan fingerprint density at radius 3 is 2.71 bits per heavy atom. The Morgan fingerprint density at radius 2 is 1.96 bits per heavy atom. The fourth-order valence-electron chi connectivity index (χ4n) is 2.44. The van der Waals surface area contributed by atoms with Crippen molar-refractivity contribution in [3.63, 3.8) is 0 Å². The van der Waals surface area contributed by atoms with E-state index in [0.717, 1.165) is 12.1 Å². The quantitative estimate of drug-likeness (QED) is 0.412. The number of rotatable bonds is 7. The fourth-order valence-corrected chi connectivity index (χ4v) is 3.04. The number of benzene rings is 2. The van der Waals surface area contributed by atoms with Crippen LogP contribution < -0.4 is 5.32 Å². The standard InChI is InChI=1S/C19H14F4N2O2S/c20-11-5-6-12(13(21)9-11)15-10-24-18(27-15)8-7-17(26)25-14-3-1-2-4-16(14)28-19(22)23/h1-6,9-10,19H,7-8H2,(H,25,26). The van der Waals surface area contributed by atoms with Crippen LogP contribution in [0.2, 0.25) is 0 Å². The van der Waals surface area contributed by atoms with Gasteiger partial charge in [-0.25, -0.2) is 13.8 Å². The summed E-state index contributed by atoms with van der Waals surface area (Å²) in [5, 5.41) is 2.58. The third-order valence-electron chi connectivity index (χ3n) is 3.69. The molecule has 0 aliphatic rings. The lowest BCUT2D eigenvalue weighted by atomic mass is 10.2. The molecule has 3 aromatic rings. The van der Waals surface area contributed by atoms with E-state index < -0.39 is 23.3 Å². The monoisotopic (exact) mass is 410 g/mol. The van der Waals surface area contributed by atoms with Gasteiger partial charge in [-0.2, -0.15) is 8.78 Å². The Hall–Kier alpha value is -2.81. The van der Waals surface area contributed by atoms with Gasteiger partial charge in [-0.3, -0.25) is 4.79 Å². The lowest BCUT2D eigenvalue weighted by Crippen LogP contribution is -2.13. The minimum atomic E-state index is -2.60. The average Bonchev–Trinajstić information content (AvgIpc) is 3.10. The summed E-state index contributed by atoms with van der Waals surface area (Å²) >= 11 is 0.344. The van der Waals surface area contributed by atoms with Crippen LogP contribution in [0.4, 0.5) is 23.2 Å². The van der Waals surface area contributed by atoms with Gasteiger partial charge < -0.3 is 9.73 Å². The van der Waals surface area contributed by atoms with Crippen molar-refractivity contribution < 1.29 is 26.8 Å². The van der Waals surface area contributed by atoms with Gasteiger partial charge >= 0.3 is 0 Å². The van der Waals surface area contributed by atoms with Crippen LogP contribution in [0.15, 0.2) is 58.0 Å². The molecule has 0 spiro atoms. The summed E-state index contributed by atoms with van der Waals surface area (Å²) in [6.07, 6.45) is 1.40. The van der Waals surface area contributed by atoms with E-state index in [1.54, 1.807) is 12.1 Å². The lowest BCUT2D eigenvalue weighted by Gasteiger charge is -2.09. The van der Waals surface area contributed by atoms with Gasteiger partial charge in [0.15, 0.2) is 11.7 Å². The molecule has 4 nitrogen and oxygen atoms in total. The van der Waals surface area contributed by atoms with Gasteiger partial charge in [0.25, 0.3) is 5.76 Å². The molecule has 1 heterocycles. The number of thioether (sulfide) groups is 1. The SMILES string of the molecule is O=C(CCc1ncc(-c2ccc(F)cc2F)o1)Nc1ccccc1SC(F)F. The molecule has 0 fully saturated rings. The highest BCUT2D eigenvalue weighted by atomic mass is 32.2. The number of aryl methyl sites for hydroxylation is 1. The number of carbonyl (C=O) groups excluding carboxylic acids is 1. The summed E-state index contributed by atoms with van der Waals surface area (Å²) in [6, 6.07) is 9.32. The third-order valence-corrected chi connectivity index (χ3v) is 4.48. The zero-order valence-corrected chi connectivity index (χ0v) is 15.1. The zero-order valence-electron chi connectivity index (χ0n) is 14.3. The maximum absolute atomic E-state index is 13.8. The first-order valence-electron chi connectivity index (χ1n) is 8.16. The number of anilines is 1. The summed E-state index contributed by atoms with van der Waals surface area (Å²) in [4.78, 5) is 16.4. The highest BCUT2D eigenvalue weighted by molar-refractivity contribution is 7.99. The molecule has 2 aromatic carbocycles. The van der Waals surface area contributed by atoms with E-state index >= 15 is 0 Å². The van der Waals surface area contributed by atoms with E-state index in [0.29, 0.717) is 17.4 Å². The Kier molecular flexibility index (Phi) is 6.35. The van der Waals surface area contributed by atoms with Crippen molar-refractivity contribution in [2.75, 3.05) is 5.32 Å². The normalized spacial score (nSPS) is 11.0. The van der Waals surface area contributed by atoms with Crippen LogP contribution in [-0.4, -0.2) is 16.6 Å². The molecule has 0 bridgehead atoms. The van der Waals surface area contributed by atoms with Crippen molar-refractivity contribution in [3.8, 4) is 11.3 Å². The molecule has 3 rings (SSSR count). The zero-order chi connectivity index (χ0) is 20.1. The Bertz CT molecular complexity index is 978. The highest BCUT2D eigenvalue weighted by Crippen LogP contribution is 2.31. The average molecular weight is 410 g/mol. The largest absolute Gasteiger partial charge is 0.441 e. The van der Waals surface area contributed by atoms with Crippen molar-refractivity contribution in [3.05, 3.63) is 66.2 Å². The number of carbonyl (C=O) groups is 1. The fraction of sp³-hybridized carbons (Fsp3) is 0.158. The lowest BCUT2D eigenvalue weighted by molar-refractivity contribution is -0.116. The molecule has 28 heavy (non-hydrogen) atoms. The number of halogens is 4. The van der Waals surface area contributed by atoms with Gasteiger partial charge in [-0.15, -0.1) is 0 Å². The molecule has 0 aliphatic heterocycles. The smallest absolute Gasteiger partial charge is 0.288 e. The van der Waals surface area contributed by atoms with Crippen molar-refractivity contribution in [1.82, 2.24) is 4.98 Å². The van der Waals surface area contributed by atoms with E-state index in [-0.39, 0.29) is 35.0 Å². The number of aromatic nitrogens is 1. The van der Waals surface area contributed by atoms with Gasteiger partial charge in [-0.1, -0.05) is 23.9 Å². The van der Waals surface area contributed by atoms with Crippen molar-refractivity contribution in [2.45, 2.75) is 23.5 Å². The van der Waals surface area contributed by atoms with E-state index in [1.165, 1.54) is 24.4 Å². The molecule has 0 saturated carbocycles. The number of oxazole rings is 1. The van der Waals surface area contributed by atoms with E-state index in [9.17, 15) is 22.4 Å². The van der Waals surface area contributed by atoms with Gasteiger partial charge in [0.05, 0.1) is 17.4 Å². The number of nitrogens with one attached hydrogen (secondary N) is 1. The number of hydrogen-bond donors (Lipinski definition) is 1. The molecule has 0 aliphatic carbocycles. The maximum atomic E-state index is 13.8. The molecule has 1 amide bonds. The van der Waals surface area contributed by atoms with Crippen LogP contribution in [0.5, 0.6) is 0 Å². The summed E-state index contributed by atoms with van der Waals surface area (Å²) in [7, 11) is 0. The minimum Gasteiger partial charge on any atom is -0.441 e. The molecule has 9 heteroatoms. The first kappa shape index (κ1) is 19.9. The second-order valence-electron chi connectivity index (χ2n) is 5.67. The molecule has 0 unspecified atom stereocenters. The summed E-state index contributed by atoms with van der Waals surface area (Å²) in [5.41, 5.74) is 0.349. The van der Waals surface area contributed by atoms with Crippen molar-refractivity contribution in [2.24, 2.45) is 0 Å². The summed E-state index contributed by atoms with van der Waals surface area (Å²) in [6.45, 7) is 0. The predicted octanol–water partition coefficient (Wildman–Crippen LogP) is 5.51. The Labute approximate surface area is 162 Å². The first-order chi connectivity index (χ1) is 13.4. The Balaban J connectivity index is 1.61. The van der Waals surface area contributed by atoms with Crippen molar-refractivity contribution in [1.29, 1.82) is 0 Å². The second-order valence-corrected chi connectivity index (χ2v) is 6.70. The van der Waals surface area contributed by atoms with Crippen LogP contribution in [0.1, 0.15) is 12.3 Å². The number of nitrogens with zero attached hydrogens (tertiary/aromatic N) is 1. The first-order valence-corrected chi connectivity index (χ1v) is 9.04. The number of alkyl halides is 2. The number of hydrogen-bond acceptors (Lipinski definition) is 4. The highest BCUT2D eigenvalue weighted by Gasteiger charge is 2.15. The topological polar surface area (TPSA) is 55.1 Å². The van der Waals surface area contributed by atoms with Gasteiger partial charge in [0, 0.05) is 23.8 Å². The van der Waals surface area contributed by atoms with Crippen LogP contribution in [0.25, 0.3) is 11.3 Å². The Morgan fingerprint density at radius 1 is 1.18 bits per heavy atom. The molecule has 1 aromatic heterocycles. The summed E-state index contributed by atoms with van der Waals surface area (Å²) in [5.74, 6) is -4.18. The molecule has 0 atom stereocenters. The van der Waals surface area contributed by atoms with Crippen LogP contribution in [0.3, 0.4) is 0 Å². The van der Waals surface area contributed by atoms with Crippen LogP contribution in [0, 0.1) is 11.6 Å². The second kappa shape index (κ2) is 8.92. The van der Waals surface area contributed by atoms with Gasteiger partial charge in [-0.05, 0) is 24.3 Å². The van der Waals surface area contributed by atoms with Crippen LogP contribution in [-0.2, 0) is 11.2 Å². The van der Waals surface area contributed by atoms with E-state index in [4.69, 9.17) is 4.42 Å². The van der Waals surface area contributed by atoms with Gasteiger partial charge in [0.1, 0.15) is 11.6 Å². The molecular weight excluding hydrogens is 396 g/mol.